The van der Waals surface area contributed by atoms with Crippen molar-refractivity contribution in [3.63, 3.8) is 0 Å². The van der Waals surface area contributed by atoms with Gasteiger partial charge in [-0.2, -0.15) is 0 Å². The fourth-order valence-electron chi connectivity index (χ4n) is 1.03. The number of hydrogen-bond acceptors (Lipinski definition) is 2. The Labute approximate surface area is 84.1 Å². The van der Waals surface area contributed by atoms with Crippen molar-refractivity contribution in [3.05, 3.63) is 41.2 Å². The fourth-order valence-corrected chi connectivity index (χ4v) is 2.15. The quantitative estimate of drug-likeness (QED) is 0.710. The highest BCUT2D eigenvalue weighted by atomic mass is 32.2. The predicted octanol–water partition coefficient (Wildman–Crippen LogP) is 1.69. The third-order valence-corrected chi connectivity index (χ3v) is 3.56. The van der Waals surface area contributed by atoms with Gasteiger partial charge >= 0.3 is 0 Å². The lowest BCUT2D eigenvalue weighted by atomic mass is 10.2. The fraction of sp³-hybridized carbons (Fsp3) is 0.300. The van der Waals surface area contributed by atoms with E-state index in [4.69, 9.17) is 6.57 Å². The van der Waals surface area contributed by atoms with Gasteiger partial charge in [-0.15, -0.1) is 0 Å². The highest BCUT2D eigenvalue weighted by Crippen LogP contribution is 2.11. The minimum absolute atomic E-state index is 0.0240. The summed E-state index contributed by atoms with van der Waals surface area (Å²) >= 11 is 0. The van der Waals surface area contributed by atoms with Crippen molar-refractivity contribution in [1.82, 2.24) is 0 Å². The third-order valence-electron chi connectivity index (χ3n) is 1.85. The Balaban J connectivity index is 2.94. The number of rotatable bonds is 3. The second-order valence-corrected chi connectivity index (χ2v) is 5.12. The van der Waals surface area contributed by atoms with Crippen molar-refractivity contribution >= 4 is 9.84 Å². The molecule has 0 bridgehead atoms. The average Bonchev–Trinajstić information content (AvgIpc) is 2.16. The maximum atomic E-state index is 11.6. The van der Waals surface area contributed by atoms with Crippen molar-refractivity contribution in [2.24, 2.45) is 0 Å². The first-order chi connectivity index (χ1) is 6.56. The molecule has 4 heteroatoms. The van der Waals surface area contributed by atoms with Crippen LogP contribution in [0, 0.1) is 13.5 Å². The van der Waals surface area contributed by atoms with Gasteiger partial charge in [0.15, 0.2) is 9.84 Å². The predicted molar refractivity (Wildman–Crippen MR) is 54.7 cm³/mol. The van der Waals surface area contributed by atoms with E-state index in [0.717, 1.165) is 5.56 Å². The van der Waals surface area contributed by atoms with Crippen molar-refractivity contribution in [3.8, 4) is 0 Å². The number of aryl methyl sites for hydroxylation is 1. The highest BCUT2D eigenvalue weighted by molar-refractivity contribution is 7.91. The number of nitrogens with zero attached hydrogens (tertiary/aromatic N) is 1. The molecule has 14 heavy (non-hydrogen) atoms. The molecule has 0 unspecified atom stereocenters. The van der Waals surface area contributed by atoms with E-state index in [1.165, 1.54) is 0 Å². The van der Waals surface area contributed by atoms with Crippen LogP contribution in [0.4, 0.5) is 0 Å². The molecule has 0 atom stereocenters. The van der Waals surface area contributed by atoms with Gasteiger partial charge in [-0.1, -0.05) is 17.7 Å². The van der Waals surface area contributed by atoms with Gasteiger partial charge in [0.05, 0.1) is 4.90 Å². The molecular weight excluding hydrogens is 198 g/mol. The lowest BCUT2D eigenvalue weighted by Crippen LogP contribution is -2.08. The monoisotopic (exact) mass is 209 g/mol. The number of benzene rings is 1. The van der Waals surface area contributed by atoms with Gasteiger partial charge in [0.2, 0.25) is 6.54 Å². The smallest absolute Gasteiger partial charge is 0.228 e. The molecule has 0 aliphatic carbocycles. The van der Waals surface area contributed by atoms with E-state index in [0.29, 0.717) is 4.90 Å². The van der Waals surface area contributed by atoms with Crippen molar-refractivity contribution in [1.29, 1.82) is 0 Å². The summed E-state index contributed by atoms with van der Waals surface area (Å²) in [5.41, 5.74) is 1.02. The minimum Gasteiger partial charge on any atom is -0.316 e. The molecule has 0 radical (unpaired) electrons. The summed E-state index contributed by atoms with van der Waals surface area (Å²) < 4.78 is 23.1. The van der Waals surface area contributed by atoms with Gasteiger partial charge < -0.3 is 4.85 Å². The van der Waals surface area contributed by atoms with E-state index >= 15 is 0 Å². The Morgan fingerprint density at radius 2 is 1.86 bits per heavy atom. The zero-order valence-electron chi connectivity index (χ0n) is 7.90. The van der Waals surface area contributed by atoms with Crippen molar-refractivity contribution < 1.29 is 8.42 Å². The molecule has 0 saturated heterocycles. The molecule has 0 aliphatic rings. The molecule has 0 heterocycles. The lowest BCUT2D eigenvalue weighted by molar-refractivity contribution is 0.597. The zero-order valence-corrected chi connectivity index (χ0v) is 8.71. The molecule has 74 valence electrons. The first kappa shape index (κ1) is 10.7. The van der Waals surface area contributed by atoms with Gasteiger partial charge in [0.25, 0.3) is 0 Å². The number of hydrogen-bond donors (Lipinski definition) is 0. The normalized spacial score (nSPS) is 10.9. The molecule has 1 aromatic carbocycles. The summed E-state index contributed by atoms with van der Waals surface area (Å²) in [6.07, 6.45) is 0. The van der Waals surface area contributed by atoms with Crippen molar-refractivity contribution in [2.75, 3.05) is 12.3 Å². The average molecular weight is 209 g/mol. The zero-order chi connectivity index (χ0) is 10.6. The van der Waals surface area contributed by atoms with Crippen LogP contribution in [0.25, 0.3) is 4.85 Å². The first-order valence-electron chi connectivity index (χ1n) is 4.19. The molecule has 0 saturated carbocycles. The van der Waals surface area contributed by atoms with E-state index in [-0.39, 0.29) is 12.3 Å². The second-order valence-electron chi connectivity index (χ2n) is 3.01. The largest absolute Gasteiger partial charge is 0.316 e. The molecule has 3 nitrogen and oxygen atoms in total. The Morgan fingerprint density at radius 3 is 2.36 bits per heavy atom. The van der Waals surface area contributed by atoms with Crippen LogP contribution < -0.4 is 0 Å². The van der Waals surface area contributed by atoms with Crippen LogP contribution in [-0.2, 0) is 9.84 Å². The summed E-state index contributed by atoms with van der Waals surface area (Å²) in [6.45, 7) is 8.46. The molecule has 0 N–H and O–H groups in total. The molecule has 0 spiro atoms. The summed E-state index contributed by atoms with van der Waals surface area (Å²) in [4.78, 5) is 3.33. The lowest BCUT2D eigenvalue weighted by Gasteiger charge is -2.00. The van der Waals surface area contributed by atoms with E-state index in [1.807, 2.05) is 6.92 Å². The summed E-state index contributed by atoms with van der Waals surface area (Å²) in [5, 5.41) is 0. The van der Waals surface area contributed by atoms with E-state index < -0.39 is 9.84 Å². The van der Waals surface area contributed by atoms with Crippen LogP contribution in [0.1, 0.15) is 5.56 Å². The third kappa shape index (κ3) is 2.57. The van der Waals surface area contributed by atoms with Crippen LogP contribution in [0.2, 0.25) is 0 Å². The standard InChI is InChI=1S/C10H11NO2S/c1-9-3-5-10(6-4-9)14(12,13)8-7-11-2/h3-6H,7-8H2,1H3. The van der Waals surface area contributed by atoms with Crippen LogP contribution in [0.3, 0.4) is 0 Å². The van der Waals surface area contributed by atoms with Gasteiger partial charge in [-0.05, 0) is 19.1 Å². The van der Waals surface area contributed by atoms with Crippen LogP contribution in [-0.4, -0.2) is 20.7 Å². The summed E-state index contributed by atoms with van der Waals surface area (Å²) in [7, 11) is -3.25. The van der Waals surface area contributed by atoms with Gasteiger partial charge in [-0.25, -0.2) is 15.0 Å². The molecular formula is C10H11NO2S. The van der Waals surface area contributed by atoms with Crippen LogP contribution in [0.5, 0.6) is 0 Å². The van der Waals surface area contributed by atoms with Gasteiger partial charge in [-0.3, -0.25) is 0 Å². The maximum absolute atomic E-state index is 11.6. The Bertz CT molecular complexity index is 440. The minimum atomic E-state index is -3.25. The molecule has 0 amide bonds. The Morgan fingerprint density at radius 1 is 1.29 bits per heavy atom. The summed E-state index contributed by atoms with van der Waals surface area (Å²) in [6, 6.07) is 6.67. The van der Waals surface area contributed by atoms with Crippen molar-refractivity contribution in [2.45, 2.75) is 11.8 Å². The second kappa shape index (κ2) is 4.25. The molecule has 1 aromatic rings. The molecule has 0 fully saturated rings. The molecule has 0 aromatic heterocycles. The van der Waals surface area contributed by atoms with E-state index in [1.54, 1.807) is 24.3 Å². The molecule has 1 rings (SSSR count). The Hall–Kier alpha value is -1.34. The summed E-state index contributed by atoms with van der Waals surface area (Å²) in [5.74, 6) is -0.0977. The maximum Gasteiger partial charge on any atom is 0.228 e. The van der Waals surface area contributed by atoms with E-state index in [9.17, 15) is 8.42 Å². The van der Waals surface area contributed by atoms with Crippen LogP contribution in [0.15, 0.2) is 29.2 Å². The topological polar surface area (TPSA) is 38.5 Å². The van der Waals surface area contributed by atoms with Gasteiger partial charge in [0.1, 0.15) is 5.75 Å². The van der Waals surface area contributed by atoms with E-state index in [2.05, 4.69) is 4.85 Å². The Kier molecular flexibility index (Phi) is 3.26. The highest BCUT2D eigenvalue weighted by Gasteiger charge is 2.14. The van der Waals surface area contributed by atoms with Crippen LogP contribution >= 0.6 is 0 Å². The number of sulfone groups is 1. The first-order valence-corrected chi connectivity index (χ1v) is 5.84. The van der Waals surface area contributed by atoms with Gasteiger partial charge in [0, 0.05) is 0 Å². The molecule has 0 aliphatic heterocycles. The SMILES string of the molecule is [C-]#[N+]CCS(=O)(=O)c1ccc(C)cc1.